The second kappa shape index (κ2) is 6.20. The van der Waals surface area contributed by atoms with Crippen LogP contribution in [0.25, 0.3) is 0 Å². The zero-order valence-corrected chi connectivity index (χ0v) is 12.0. The van der Waals surface area contributed by atoms with Gasteiger partial charge in [-0.15, -0.1) is 0 Å². The van der Waals surface area contributed by atoms with Crippen molar-refractivity contribution in [3.63, 3.8) is 0 Å². The Kier molecular flexibility index (Phi) is 5.16. The summed E-state index contributed by atoms with van der Waals surface area (Å²) in [5.74, 6) is 0.778. The first-order valence-electron chi connectivity index (χ1n) is 5.97. The highest BCUT2D eigenvalue weighted by Crippen LogP contribution is 2.22. The molecule has 18 heavy (non-hydrogen) atoms. The van der Waals surface area contributed by atoms with E-state index in [9.17, 15) is 8.42 Å². The van der Waals surface area contributed by atoms with Crippen LogP contribution in [0.3, 0.4) is 0 Å². The van der Waals surface area contributed by atoms with Crippen molar-refractivity contribution >= 4 is 9.84 Å². The number of rotatable bonds is 6. The molecule has 0 atom stereocenters. The van der Waals surface area contributed by atoms with Gasteiger partial charge in [-0.1, -0.05) is 6.07 Å². The van der Waals surface area contributed by atoms with E-state index in [2.05, 4.69) is 0 Å². The van der Waals surface area contributed by atoms with Crippen LogP contribution >= 0.6 is 0 Å². The van der Waals surface area contributed by atoms with Crippen LogP contribution in [-0.4, -0.2) is 33.1 Å². The van der Waals surface area contributed by atoms with Gasteiger partial charge in [0.25, 0.3) is 0 Å². The molecule has 5 heteroatoms. The molecule has 0 unspecified atom stereocenters. The Hall–Kier alpha value is -1.07. The van der Waals surface area contributed by atoms with Crippen LogP contribution in [-0.2, 0) is 9.84 Å². The fourth-order valence-electron chi connectivity index (χ4n) is 1.65. The predicted molar refractivity (Wildman–Crippen MR) is 73.9 cm³/mol. The van der Waals surface area contributed by atoms with Gasteiger partial charge in [-0.25, -0.2) is 8.42 Å². The van der Waals surface area contributed by atoms with E-state index in [1.54, 1.807) is 0 Å². The Morgan fingerprint density at radius 2 is 1.67 bits per heavy atom. The third-order valence-electron chi connectivity index (χ3n) is 2.87. The Balaban J connectivity index is 2.62. The van der Waals surface area contributed by atoms with Gasteiger partial charge in [-0.2, -0.15) is 0 Å². The number of nitrogens with two attached hydrogens (primary N) is 1. The van der Waals surface area contributed by atoms with E-state index in [4.69, 9.17) is 10.5 Å². The standard InChI is InChI=1S/C13H21NO3S/c1-10-8-12(3)13(9-11(10)2)17-5-7-18(15,16)6-4-14/h8-9H,4-7,14H2,1-3H3. The molecule has 0 amide bonds. The first-order chi connectivity index (χ1) is 8.35. The first-order valence-corrected chi connectivity index (χ1v) is 7.79. The molecular weight excluding hydrogens is 250 g/mol. The summed E-state index contributed by atoms with van der Waals surface area (Å²) in [5, 5.41) is 0. The van der Waals surface area contributed by atoms with Crippen LogP contribution in [0.1, 0.15) is 16.7 Å². The monoisotopic (exact) mass is 271 g/mol. The van der Waals surface area contributed by atoms with Crippen LogP contribution in [0.5, 0.6) is 5.75 Å². The summed E-state index contributed by atoms with van der Waals surface area (Å²) in [5.41, 5.74) is 8.60. The molecule has 4 nitrogen and oxygen atoms in total. The number of aryl methyl sites for hydroxylation is 3. The molecule has 102 valence electrons. The molecule has 0 spiro atoms. The topological polar surface area (TPSA) is 69.4 Å². The Morgan fingerprint density at radius 1 is 1.06 bits per heavy atom. The van der Waals surface area contributed by atoms with Gasteiger partial charge >= 0.3 is 0 Å². The zero-order chi connectivity index (χ0) is 13.8. The van der Waals surface area contributed by atoms with Crippen LogP contribution < -0.4 is 10.5 Å². The highest BCUT2D eigenvalue weighted by atomic mass is 32.2. The minimum Gasteiger partial charge on any atom is -0.492 e. The molecule has 0 bridgehead atoms. The predicted octanol–water partition coefficient (Wildman–Crippen LogP) is 1.36. The summed E-state index contributed by atoms with van der Waals surface area (Å²) in [6.07, 6.45) is 0. The van der Waals surface area contributed by atoms with Gasteiger partial charge in [-0.3, -0.25) is 0 Å². The van der Waals surface area contributed by atoms with E-state index >= 15 is 0 Å². The SMILES string of the molecule is Cc1cc(C)c(OCCS(=O)(=O)CCN)cc1C. The fourth-order valence-corrected chi connectivity index (χ4v) is 2.55. The van der Waals surface area contributed by atoms with E-state index in [1.165, 1.54) is 5.56 Å². The molecule has 0 aliphatic heterocycles. The summed E-state index contributed by atoms with van der Waals surface area (Å²) < 4.78 is 28.5. The van der Waals surface area contributed by atoms with Crippen LogP contribution in [0.15, 0.2) is 12.1 Å². The van der Waals surface area contributed by atoms with E-state index in [-0.39, 0.29) is 24.7 Å². The molecule has 0 aliphatic carbocycles. The van der Waals surface area contributed by atoms with E-state index in [0.717, 1.165) is 16.9 Å². The molecule has 0 aliphatic rings. The number of hydrogen-bond acceptors (Lipinski definition) is 4. The summed E-state index contributed by atoms with van der Waals surface area (Å²) in [6, 6.07) is 3.99. The van der Waals surface area contributed by atoms with Crippen molar-refractivity contribution in [1.29, 1.82) is 0 Å². The largest absolute Gasteiger partial charge is 0.492 e. The highest BCUT2D eigenvalue weighted by Gasteiger charge is 2.10. The molecule has 1 aromatic carbocycles. The molecule has 0 aromatic heterocycles. The van der Waals surface area contributed by atoms with E-state index < -0.39 is 9.84 Å². The van der Waals surface area contributed by atoms with Gasteiger partial charge in [0.2, 0.25) is 0 Å². The highest BCUT2D eigenvalue weighted by molar-refractivity contribution is 7.91. The third kappa shape index (κ3) is 4.31. The van der Waals surface area contributed by atoms with Crippen molar-refractivity contribution in [2.24, 2.45) is 5.73 Å². The molecule has 2 N–H and O–H groups in total. The number of ether oxygens (including phenoxy) is 1. The van der Waals surface area contributed by atoms with E-state index in [0.29, 0.717) is 0 Å². The maximum Gasteiger partial charge on any atom is 0.154 e. The maximum atomic E-state index is 11.5. The quantitative estimate of drug-likeness (QED) is 0.848. The smallest absolute Gasteiger partial charge is 0.154 e. The van der Waals surface area contributed by atoms with Gasteiger partial charge in [-0.05, 0) is 43.5 Å². The Morgan fingerprint density at radius 3 is 2.28 bits per heavy atom. The Bertz CT molecular complexity index is 509. The van der Waals surface area contributed by atoms with Crippen LogP contribution in [0.2, 0.25) is 0 Å². The van der Waals surface area contributed by atoms with Gasteiger partial charge in [0.05, 0.1) is 11.5 Å². The number of sulfone groups is 1. The Labute approximate surface area is 109 Å². The second-order valence-electron chi connectivity index (χ2n) is 4.49. The zero-order valence-electron chi connectivity index (χ0n) is 11.2. The van der Waals surface area contributed by atoms with Crippen LogP contribution in [0, 0.1) is 20.8 Å². The molecule has 0 heterocycles. The average molecular weight is 271 g/mol. The lowest BCUT2D eigenvalue weighted by atomic mass is 10.1. The van der Waals surface area contributed by atoms with Crippen LogP contribution in [0.4, 0.5) is 0 Å². The molecule has 0 saturated heterocycles. The molecule has 0 fully saturated rings. The minimum absolute atomic E-state index is 0.0105. The summed E-state index contributed by atoms with van der Waals surface area (Å²) in [6.45, 7) is 6.33. The average Bonchev–Trinajstić information content (AvgIpc) is 2.25. The number of benzene rings is 1. The summed E-state index contributed by atoms with van der Waals surface area (Å²) in [4.78, 5) is 0. The number of hydrogen-bond donors (Lipinski definition) is 1. The molecule has 0 saturated carbocycles. The minimum atomic E-state index is -3.08. The lowest BCUT2D eigenvalue weighted by Gasteiger charge is -2.11. The van der Waals surface area contributed by atoms with Crippen molar-refractivity contribution in [2.45, 2.75) is 20.8 Å². The van der Waals surface area contributed by atoms with Crippen molar-refractivity contribution in [3.05, 3.63) is 28.8 Å². The van der Waals surface area contributed by atoms with Crippen molar-refractivity contribution in [2.75, 3.05) is 24.7 Å². The summed E-state index contributed by atoms with van der Waals surface area (Å²) >= 11 is 0. The van der Waals surface area contributed by atoms with E-state index in [1.807, 2.05) is 32.9 Å². The molecular formula is C13H21NO3S. The fraction of sp³-hybridized carbons (Fsp3) is 0.538. The third-order valence-corrected chi connectivity index (χ3v) is 4.52. The van der Waals surface area contributed by atoms with Crippen molar-refractivity contribution in [1.82, 2.24) is 0 Å². The normalized spacial score (nSPS) is 11.6. The second-order valence-corrected chi connectivity index (χ2v) is 6.79. The summed E-state index contributed by atoms with van der Waals surface area (Å²) in [7, 11) is -3.08. The lowest BCUT2D eigenvalue weighted by Crippen LogP contribution is -2.22. The van der Waals surface area contributed by atoms with Crippen molar-refractivity contribution in [3.8, 4) is 5.75 Å². The van der Waals surface area contributed by atoms with Gasteiger partial charge < -0.3 is 10.5 Å². The van der Waals surface area contributed by atoms with Gasteiger partial charge in [0.15, 0.2) is 9.84 Å². The molecule has 1 aromatic rings. The van der Waals surface area contributed by atoms with Crippen molar-refractivity contribution < 1.29 is 13.2 Å². The van der Waals surface area contributed by atoms with Gasteiger partial charge in [0, 0.05) is 6.54 Å². The first kappa shape index (κ1) is 15.0. The lowest BCUT2D eigenvalue weighted by molar-refractivity contribution is 0.338. The molecule has 0 radical (unpaired) electrons. The maximum absolute atomic E-state index is 11.5. The van der Waals surface area contributed by atoms with Gasteiger partial charge in [0.1, 0.15) is 12.4 Å². The molecule has 1 rings (SSSR count).